The van der Waals surface area contributed by atoms with Crippen LogP contribution in [-0.4, -0.2) is 48.6 Å². The van der Waals surface area contributed by atoms with Crippen LogP contribution in [0.3, 0.4) is 0 Å². The Morgan fingerprint density at radius 1 is 0.906 bits per heavy atom. The zero-order chi connectivity index (χ0) is 21.9. The highest BCUT2D eigenvalue weighted by Crippen LogP contribution is 2.38. The van der Waals surface area contributed by atoms with Crippen LogP contribution in [0.15, 0.2) is 78.9 Å². The lowest BCUT2D eigenvalue weighted by molar-refractivity contribution is 0.0375. The maximum absolute atomic E-state index is 14.7. The molecule has 32 heavy (non-hydrogen) atoms. The monoisotopic (exact) mass is 430 g/mol. The predicted molar refractivity (Wildman–Crippen MR) is 126 cm³/mol. The molecule has 2 heterocycles. The van der Waals surface area contributed by atoms with Crippen LogP contribution in [0, 0.1) is 5.82 Å². The fourth-order valence-electron chi connectivity index (χ4n) is 5.72. The number of halogens is 1. The molecule has 3 aromatic rings. The van der Waals surface area contributed by atoms with Gasteiger partial charge in [-0.3, -0.25) is 9.80 Å². The van der Waals surface area contributed by atoms with E-state index in [0.717, 1.165) is 19.6 Å². The summed E-state index contributed by atoms with van der Waals surface area (Å²) in [6.45, 7) is 3.60. The van der Waals surface area contributed by atoms with Crippen molar-refractivity contribution in [3.05, 3.63) is 101 Å². The smallest absolute Gasteiger partial charge is 0.131 e. The molecule has 2 aliphatic rings. The first kappa shape index (κ1) is 21.2. The molecule has 0 unspecified atom stereocenters. The van der Waals surface area contributed by atoms with E-state index in [9.17, 15) is 4.39 Å². The third-order valence-corrected chi connectivity index (χ3v) is 7.14. The van der Waals surface area contributed by atoms with Crippen LogP contribution in [0.1, 0.15) is 35.4 Å². The highest BCUT2D eigenvalue weighted by molar-refractivity contribution is 5.36. The van der Waals surface area contributed by atoms with E-state index in [1.165, 1.54) is 30.0 Å². The largest absolute Gasteiger partial charge is 0.496 e. The van der Waals surface area contributed by atoms with E-state index in [1.807, 2.05) is 6.07 Å². The number of fused-ring (bicyclic) bond motifs is 1. The zero-order valence-electron chi connectivity index (χ0n) is 18.7. The van der Waals surface area contributed by atoms with Crippen molar-refractivity contribution in [3.63, 3.8) is 0 Å². The van der Waals surface area contributed by atoms with Crippen molar-refractivity contribution in [2.75, 3.05) is 26.7 Å². The van der Waals surface area contributed by atoms with Gasteiger partial charge in [0.25, 0.3) is 0 Å². The minimum atomic E-state index is -0.183. The summed E-state index contributed by atoms with van der Waals surface area (Å²) < 4.78 is 20.2. The molecule has 0 radical (unpaired) electrons. The Balaban J connectivity index is 1.50. The fraction of sp³-hybridized carbons (Fsp3) is 0.357. The highest BCUT2D eigenvalue weighted by atomic mass is 19.1. The van der Waals surface area contributed by atoms with Crippen molar-refractivity contribution in [3.8, 4) is 5.75 Å². The molecule has 0 spiro atoms. The van der Waals surface area contributed by atoms with Gasteiger partial charge in [-0.25, -0.2) is 4.39 Å². The number of benzene rings is 3. The van der Waals surface area contributed by atoms with Crippen molar-refractivity contribution in [2.45, 2.75) is 37.4 Å². The van der Waals surface area contributed by atoms with Crippen molar-refractivity contribution in [1.82, 2.24) is 9.80 Å². The molecule has 2 saturated heterocycles. The first-order valence-electron chi connectivity index (χ1n) is 11.6. The topological polar surface area (TPSA) is 15.7 Å². The Kier molecular flexibility index (Phi) is 6.24. The number of hydrogen-bond donors (Lipinski definition) is 0. The van der Waals surface area contributed by atoms with Crippen molar-refractivity contribution in [2.24, 2.45) is 0 Å². The van der Waals surface area contributed by atoms with E-state index >= 15 is 0 Å². The van der Waals surface area contributed by atoms with Crippen LogP contribution < -0.4 is 4.74 Å². The third-order valence-electron chi connectivity index (χ3n) is 7.14. The van der Waals surface area contributed by atoms with Gasteiger partial charge in [0.15, 0.2) is 0 Å². The Morgan fingerprint density at radius 2 is 1.59 bits per heavy atom. The molecule has 0 aliphatic carbocycles. The third kappa shape index (κ3) is 4.17. The zero-order valence-corrected chi connectivity index (χ0v) is 18.7. The molecule has 3 nitrogen and oxygen atoms in total. The number of hydrogen-bond acceptors (Lipinski definition) is 3. The van der Waals surface area contributed by atoms with E-state index in [2.05, 4.69) is 70.5 Å². The molecule has 5 rings (SSSR count). The second kappa shape index (κ2) is 9.43. The van der Waals surface area contributed by atoms with Gasteiger partial charge < -0.3 is 4.74 Å². The van der Waals surface area contributed by atoms with Crippen LogP contribution >= 0.6 is 0 Å². The second-order valence-electron chi connectivity index (χ2n) is 9.01. The second-order valence-corrected chi connectivity index (χ2v) is 9.01. The summed E-state index contributed by atoms with van der Waals surface area (Å²) in [4.78, 5) is 5.16. The van der Waals surface area contributed by atoms with Gasteiger partial charge >= 0.3 is 0 Å². The first-order valence-corrected chi connectivity index (χ1v) is 11.6. The fourth-order valence-corrected chi connectivity index (χ4v) is 5.72. The van der Waals surface area contributed by atoms with Gasteiger partial charge in [-0.2, -0.15) is 0 Å². The van der Waals surface area contributed by atoms with Gasteiger partial charge in [0.2, 0.25) is 0 Å². The van der Waals surface area contributed by atoms with Gasteiger partial charge in [0.05, 0.1) is 7.11 Å². The number of methoxy groups -OCH3 is 1. The van der Waals surface area contributed by atoms with E-state index in [0.29, 0.717) is 29.9 Å². The van der Waals surface area contributed by atoms with Gasteiger partial charge in [-0.15, -0.1) is 0 Å². The molecule has 4 heteroatoms. The number of nitrogens with zero attached hydrogens (tertiary/aromatic N) is 2. The highest BCUT2D eigenvalue weighted by Gasteiger charge is 2.42. The maximum atomic E-state index is 14.7. The van der Waals surface area contributed by atoms with E-state index in [4.69, 9.17) is 4.74 Å². The molecule has 3 aromatic carbocycles. The SMILES string of the molecule is COc1cccc(F)c1CN1C[C@@H]2CCCN2[C@H](C(c2ccccc2)c2ccccc2)C1. The van der Waals surface area contributed by atoms with Crippen LogP contribution in [0.25, 0.3) is 0 Å². The Labute approximate surface area is 190 Å². The van der Waals surface area contributed by atoms with E-state index < -0.39 is 0 Å². The normalized spacial score (nSPS) is 21.6. The van der Waals surface area contributed by atoms with E-state index in [-0.39, 0.29) is 11.7 Å². The van der Waals surface area contributed by atoms with Crippen molar-refractivity contribution < 1.29 is 9.13 Å². The molecular weight excluding hydrogens is 399 g/mol. The number of piperazine rings is 1. The summed E-state index contributed by atoms with van der Waals surface area (Å²) >= 11 is 0. The van der Waals surface area contributed by atoms with Gasteiger partial charge in [-0.1, -0.05) is 66.7 Å². The molecule has 0 bridgehead atoms. The maximum Gasteiger partial charge on any atom is 0.131 e. The molecule has 0 N–H and O–H groups in total. The minimum absolute atomic E-state index is 0.183. The summed E-state index contributed by atoms with van der Waals surface area (Å²) in [5, 5.41) is 0. The average Bonchev–Trinajstić information content (AvgIpc) is 3.31. The summed E-state index contributed by atoms with van der Waals surface area (Å²) in [5.74, 6) is 0.735. The van der Waals surface area contributed by atoms with Crippen LogP contribution in [-0.2, 0) is 6.54 Å². The molecule has 166 valence electrons. The molecule has 0 aromatic heterocycles. The molecule has 2 fully saturated rings. The Hall–Kier alpha value is -2.69. The summed E-state index contributed by atoms with van der Waals surface area (Å²) in [7, 11) is 1.62. The van der Waals surface area contributed by atoms with Gasteiger partial charge in [-0.05, 0) is 42.6 Å². The standard InChI is InChI=1S/C28H31FN2O/c1-32-27-16-8-15-25(29)24(27)19-30-18-23-14-9-17-31(23)26(20-30)28(21-10-4-2-5-11-21)22-12-6-3-7-13-22/h2-8,10-13,15-16,23,26,28H,9,14,17-20H2,1H3/t23-,26-/m0/s1. The van der Waals surface area contributed by atoms with Crippen LogP contribution in [0.5, 0.6) is 5.75 Å². The van der Waals surface area contributed by atoms with E-state index in [1.54, 1.807) is 13.2 Å². The summed E-state index contributed by atoms with van der Waals surface area (Å²) in [6.07, 6.45) is 2.44. The lowest BCUT2D eigenvalue weighted by Crippen LogP contribution is -2.57. The van der Waals surface area contributed by atoms with Crippen molar-refractivity contribution in [1.29, 1.82) is 0 Å². The quantitative estimate of drug-likeness (QED) is 0.527. The Bertz CT molecular complexity index is 987. The van der Waals surface area contributed by atoms with Gasteiger partial charge in [0.1, 0.15) is 11.6 Å². The average molecular weight is 431 g/mol. The summed E-state index contributed by atoms with van der Waals surface area (Å²) in [6, 6.07) is 27.7. The molecule has 0 saturated carbocycles. The first-order chi connectivity index (χ1) is 15.7. The Morgan fingerprint density at radius 3 is 2.25 bits per heavy atom. The summed E-state index contributed by atoms with van der Waals surface area (Å²) in [5.41, 5.74) is 3.36. The molecular formula is C28H31FN2O. The molecule has 2 atom stereocenters. The number of rotatable bonds is 6. The van der Waals surface area contributed by atoms with Crippen molar-refractivity contribution >= 4 is 0 Å². The molecule has 0 amide bonds. The predicted octanol–water partition coefficient (Wildman–Crippen LogP) is 5.32. The lowest BCUT2D eigenvalue weighted by Gasteiger charge is -2.47. The molecule has 2 aliphatic heterocycles. The van der Waals surface area contributed by atoms with Gasteiger partial charge in [0, 0.05) is 43.2 Å². The lowest BCUT2D eigenvalue weighted by atomic mass is 9.82. The minimum Gasteiger partial charge on any atom is -0.496 e. The number of ether oxygens (including phenoxy) is 1. The van der Waals surface area contributed by atoms with Crippen LogP contribution in [0.4, 0.5) is 4.39 Å². The van der Waals surface area contributed by atoms with Crippen LogP contribution in [0.2, 0.25) is 0 Å².